The van der Waals surface area contributed by atoms with Gasteiger partial charge in [0.25, 0.3) is 5.91 Å². The van der Waals surface area contributed by atoms with Gasteiger partial charge in [0.1, 0.15) is 11.4 Å². The summed E-state index contributed by atoms with van der Waals surface area (Å²) < 4.78 is 33.6. The molecule has 0 saturated carbocycles. The van der Waals surface area contributed by atoms with Gasteiger partial charge in [-0.2, -0.15) is 0 Å². The van der Waals surface area contributed by atoms with Crippen LogP contribution >= 0.6 is 0 Å². The van der Waals surface area contributed by atoms with Gasteiger partial charge in [-0.1, -0.05) is 19.9 Å². The summed E-state index contributed by atoms with van der Waals surface area (Å²) >= 11 is 0. The van der Waals surface area contributed by atoms with Crippen LogP contribution < -0.4 is 15.8 Å². The summed E-state index contributed by atoms with van der Waals surface area (Å²) in [6.07, 6.45) is 2.10. The van der Waals surface area contributed by atoms with Crippen molar-refractivity contribution in [2.45, 2.75) is 44.9 Å². The predicted molar refractivity (Wildman–Crippen MR) is 138 cm³/mol. The van der Waals surface area contributed by atoms with Gasteiger partial charge in [-0.05, 0) is 65.5 Å². The van der Waals surface area contributed by atoms with Crippen molar-refractivity contribution in [2.75, 3.05) is 40.8 Å². The van der Waals surface area contributed by atoms with Gasteiger partial charge in [-0.25, -0.2) is 17.7 Å². The number of allylic oxidation sites excluding steroid dienone is 2. The molecule has 0 spiro atoms. The van der Waals surface area contributed by atoms with Crippen molar-refractivity contribution < 1.29 is 17.9 Å². The zero-order chi connectivity index (χ0) is 26.3. The number of amidine groups is 1. The molecule has 0 saturated heterocycles. The number of hydrogen-bond acceptors (Lipinski definition) is 8. The highest BCUT2D eigenvalue weighted by molar-refractivity contribution is 7.89. The number of nitrogens with one attached hydrogen (secondary N) is 1. The Morgan fingerprint density at radius 3 is 2.49 bits per heavy atom. The van der Waals surface area contributed by atoms with Crippen molar-refractivity contribution >= 4 is 21.8 Å². The highest BCUT2D eigenvalue weighted by Crippen LogP contribution is 2.28. The summed E-state index contributed by atoms with van der Waals surface area (Å²) in [4.78, 5) is 15.1. The minimum atomic E-state index is -3.77. The molecule has 0 atom stereocenters. The monoisotopic (exact) mass is 506 g/mol. The van der Waals surface area contributed by atoms with Crippen molar-refractivity contribution in [1.82, 2.24) is 19.5 Å². The number of nitrogens with two attached hydrogens (primary N) is 1. The number of carbonyl (C=O) groups excluding carboxylic acids is 1. The average Bonchev–Trinajstić information content (AvgIpc) is 2.78. The van der Waals surface area contributed by atoms with E-state index in [9.17, 15) is 13.2 Å². The molecule has 10 nitrogen and oxygen atoms in total. The van der Waals surface area contributed by atoms with E-state index in [0.29, 0.717) is 48.7 Å². The number of hydrazone groups is 1. The Morgan fingerprint density at radius 1 is 1.23 bits per heavy atom. The molecule has 11 heteroatoms. The Bertz CT molecular complexity index is 1110. The van der Waals surface area contributed by atoms with Gasteiger partial charge in [0, 0.05) is 25.0 Å². The van der Waals surface area contributed by atoms with Crippen LogP contribution in [-0.2, 0) is 14.8 Å². The van der Waals surface area contributed by atoms with Gasteiger partial charge in [-0.15, -0.1) is 5.10 Å². The van der Waals surface area contributed by atoms with Gasteiger partial charge in [0.15, 0.2) is 5.84 Å². The van der Waals surface area contributed by atoms with E-state index in [2.05, 4.69) is 17.0 Å². The number of sulfonamides is 1. The number of hydrogen-bond donors (Lipinski definition) is 2. The first-order valence-electron chi connectivity index (χ1n) is 11.7. The van der Waals surface area contributed by atoms with Crippen LogP contribution in [-0.4, -0.2) is 75.2 Å². The number of benzene rings is 1. The van der Waals surface area contributed by atoms with Crippen LogP contribution in [0.15, 0.2) is 51.9 Å². The van der Waals surface area contributed by atoms with E-state index in [1.807, 2.05) is 32.8 Å². The first kappa shape index (κ1) is 28.3. The van der Waals surface area contributed by atoms with Crippen LogP contribution in [0.3, 0.4) is 0 Å². The fourth-order valence-corrected chi connectivity index (χ4v) is 4.81. The molecule has 35 heavy (non-hydrogen) atoms. The van der Waals surface area contributed by atoms with E-state index in [1.165, 1.54) is 21.4 Å². The molecule has 0 unspecified atom stereocenters. The molecule has 3 N–H and O–H groups in total. The molecular formula is C24H38N6O4S. The lowest BCUT2D eigenvalue weighted by Gasteiger charge is -2.30. The minimum Gasteiger partial charge on any atom is -0.493 e. The summed E-state index contributed by atoms with van der Waals surface area (Å²) in [7, 11) is 1.66. The first-order chi connectivity index (χ1) is 16.4. The second kappa shape index (κ2) is 12.2. The molecular weight excluding hydrogens is 468 g/mol. The Labute approximate surface area is 209 Å². The maximum absolute atomic E-state index is 13.3. The Kier molecular flexibility index (Phi) is 9.87. The van der Waals surface area contributed by atoms with Crippen molar-refractivity contribution in [3.8, 4) is 5.75 Å². The van der Waals surface area contributed by atoms with Gasteiger partial charge < -0.3 is 20.7 Å². The lowest BCUT2D eigenvalue weighted by atomic mass is 10.1. The zero-order valence-corrected chi connectivity index (χ0v) is 22.4. The summed E-state index contributed by atoms with van der Waals surface area (Å²) in [5.74, 6) is 0.107. The first-order valence-corrected chi connectivity index (χ1v) is 13.1. The molecule has 0 radical (unpaired) electrons. The van der Waals surface area contributed by atoms with Crippen LogP contribution in [0.2, 0.25) is 0 Å². The van der Waals surface area contributed by atoms with Gasteiger partial charge in [0.05, 0.1) is 17.1 Å². The number of amides is 1. The van der Waals surface area contributed by atoms with Crippen molar-refractivity contribution in [3.63, 3.8) is 0 Å². The van der Waals surface area contributed by atoms with Gasteiger partial charge >= 0.3 is 0 Å². The largest absolute Gasteiger partial charge is 0.493 e. The normalized spacial score (nSPS) is 15.8. The summed E-state index contributed by atoms with van der Waals surface area (Å²) in [6.45, 7) is 11.0. The Hall–Kier alpha value is -2.89. The summed E-state index contributed by atoms with van der Waals surface area (Å²) in [6, 6.07) is 4.56. The fourth-order valence-electron chi connectivity index (χ4n) is 3.57. The highest BCUT2D eigenvalue weighted by Gasteiger charge is 2.31. The van der Waals surface area contributed by atoms with Crippen molar-refractivity contribution in [2.24, 2.45) is 10.8 Å². The molecule has 1 aromatic carbocycles. The molecule has 2 rings (SSSR count). The van der Waals surface area contributed by atoms with E-state index in [-0.39, 0.29) is 16.4 Å². The SMILES string of the molecule is C=C(CCC)N1N=C(c2cc(S(=O)(=O)N(C)CCCN(C)C)ccc2OCC)NC(=O)/C1=C(\C)N. The fraction of sp³-hybridized carbons (Fsp3) is 0.500. The molecule has 1 heterocycles. The lowest BCUT2D eigenvalue weighted by molar-refractivity contribution is -0.118. The third kappa shape index (κ3) is 6.83. The van der Waals surface area contributed by atoms with Crippen LogP contribution in [0.25, 0.3) is 0 Å². The topological polar surface area (TPSA) is 121 Å². The molecule has 1 amide bonds. The molecule has 0 aromatic heterocycles. The molecule has 0 fully saturated rings. The number of rotatable bonds is 12. The van der Waals surface area contributed by atoms with E-state index < -0.39 is 15.9 Å². The second-order valence-electron chi connectivity index (χ2n) is 8.64. The molecule has 1 aliphatic heterocycles. The molecule has 1 aromatic rings. The number of carbonyl (C=O) groups is 1. The maximum atomic E-state index is 13.3. The van der Waals surface area contributed by atoms with Crippen LogP contribution in [0.4, 0.5) is 0 Å². The predicted octanol–water partition coefficient (Wildman–Crippen LogP) is 2.25. The Morgan fingerprint density at radius 2 is 1.91 bits per heavy atom. The standard InChI is InChI=1S/C24H38N6O4S/c1-8-11-17(3)30-22(18(4)25)24(31)26-23(27-30)20-16-19(12-13-21(20)34-9-2)35(32,33)29(7)15-10-14-28(5)6/h12-13,16H,3,8-11,14-15,25H2,1-2,4-7H3,(H,26,27,31)/b22-18-. The minimum absolute atomic E-state index is 0.0792. The molecule has 1 aliphatic rings. The van der Waals surface area contributed by atoms with E-state index in [1.54, 1.807) is 20.0 Å². The zero-order valence-electron chi connectivity index (χ0n) is 21.6. The van der Waals surface area contributed by atoms with Crippen molar-refractivity contribution in [3.05, 3.63) is 47.4 Å². The molecule has 0 aliphatic carbocycles. The van der Waals surface area contributed by atoms with Crippen LogP contribution in [0.5, 0.6) is 5.75 Å². The lowest BCUT2D eigenvalue weighted by Crippen LogP contribution is -2.44. The maximum Gasteiger partial charge on any atom is 0.277 e. The van der Waals surface area contributed by atoms with E-state index in [4.69, 9.17) is 10.5 Å². The molecule has 0 bridgehead atoms. The van der Waals surface area contributed by atoms with Crippen molar-refractivity contribution in [1.29, 1.82) is 0 Å². The summed E-state index contributed by atoms with van der Waals surface area (Å²) in [5.41, 5.74) is 7.41. The third-order valence-electron chi connectivity index (χ3n) is 5.36. The quantitative estimate of drug-likeness (QED) is 0.417. The molecule has 194 valence electrons. The van der Waals surface area contributed by atoms with Crippen LogP contribution in [0.1, 0.15) is 45.6 Å². The Balaban J connectivity index is 2.56. The van der Waals surface area contributed by atoms with Gasteiger partial charge in [0.2, 0.25) is 10.0 Å². The highest BCUT2D eigenvalue weighted by atomic mass is 32.2. The third-order valence-corrected chi connectivity index (χ3v) is 7.22. The second-order valence-corrected chi connectivity index (χ2v) is 10.7. The average molecular weight is 507 g/mol. The number of nitrogens with zero attached hydrogens (tertiary/aromatic N) is 4. The van der Waals surface area contributed by atoms with Crippen LogP contribution in [0, 0.1) is 0 Å². The summed E-state index contributed by atoms with van der Waals surface area (Å²) in [5, 5.41) is 8.76. The van der Waals surface area contributed by atoms with Gasteiger partial charge in [-0.3, -0.25) is 4.79 Å². The van der Waals surface area contributed by atoms with E-state index in [0.717, 1.165) is 13.0 Å². The van der Waals surface area contributed by atoms with E-state index >= 15 is 0 Å². The number of ether oxygens (including phenoxy) is 1. The smallest absolute Gasteiger partial charge is 0.277 e.